The van der Waals surface area contributed by atoms with Crippen molar-refractivity contribution in [2.24, 2.45) is 5.73 Å². The smallest absolute Gasteiger partial charge is 0.417 e. The molecule has 0 aliphatic carbocycles. The molecule has 1 saturated heterocycles. The molecule has 1 unspecified atom stereocenters. The van der Waals surface area contributed by atoms with E-state index in [1.54, 1.807) is 20.8 Å². The predicted octanol–water partition coefficient (Wildman–Crippen LogP) is 5.30. The van der Waals surface area contributed by atoms with Gasteiger partial charge in [0.15, 0.2) is 0 Å². The quantitative estimate of drug-likeness (QED) is 0.232. The zero-order valence-corrected chi connectivity index (χ0v) is 20.5. The molecule has 1 fully saturated rings. The summed E-state index contributed by atoms with van der Waals surface area (Å²) in [6.45, 7) is 7.40. The number of nitrogens with zero attached hydrogens (tertiary/aromatic N) is 1. The molecule has 2 N–H and O–H groups in total. The summed E-state index contributed by atoms with van der Waals surface area (Å²) in [4.78, 5) is 27.4. The Morgan fingerprint density at radius 1 is 1.08 bits per heavy atom. The Balaban J connectivity index is 2.47. The average molecular weight is 534 g/mol. The standard InChI is InChI=1S/C25H28F6N2O4/c1-5-7-19(25(29,30)31)18(14-32)20(34)33-13-6-12-23(15-33,21(35)37-22(2,3)4)36-17-10-8-16(9-11-17)24(26,27)28/h5,7-11,14H,1,6,12-13,15,32H2,2-4H3/b18-14+,19-7+. The van der Waals surface area contributed by atoms with E-state index in [2.05, 4.69) is 6.58 Å². The van der Waals surface area contributed by atoms with Crippen LogP contribution in [-0.4, -0.2) is 47.2 Å². The molecule has 0 radical (unpaired) electrons. The van der Waals surface area contributed by atoms with E-state index in [1.165, 1.54) is 0 Å². The minimum Gasteiger partial charge on any atom is -0.474 e. The number of esters is 1. The molecule has 1 heterocycles. The van der Waals surface area contributed by atoms with Crippen LogP contribution >= 0.6 is 0 Å². The summed E-state index contributed by atoms with van der Waals surface area (Å²) in [5.41, 5.74) is -0.643. The topological polar surface area (TPSA) is 81.9 Å². The van der Waals surface area contributed by atoms with Gasteiger partial charge in [0.1, 0.15) is 11.4 Å². The molecule has 2 rings (SSSR count). The van der Waals surface area contributed by atoms with E-state index in [0.717, 1.165) is 35.2 Å². The normalized spacial score (nSPS) is 19.9. The highest BCUT2D eigenvalue weighted by Gasteiger charge is 2.50. The van der Waals surface area contributed by atoms with Gasteiger partial charge in [0.05, 0.1) is 23.3 Å². The van der Waals surface area contributed by atoms with E-state index in [4.69, 9.17) is 15.2 Å². The third-order valence-corrected chi connectivity index (χ3v) is 5.29. The van der Waals surface area contributed by atoms with Gasteiger partial charge in [-0.2, -0.15) is 26.3 Å². The number of likely N-dealkylation sites (tertiary alicyclic amines) is 1. The van der Waals surface area contributed by atoms with Crippen molar-refractivity contribution in [3.05, 3.63) is 65.9 Å². The van der Waals surface area contributed by atoms with Crippen LogP contribution in [0.3, 0.4) is 0 Å². The van der Waals surface area contributed by atoms with Crippen LogP contribution in [0.1, 0.15) is 39.2 Å². The van der Waals surface area contributed by atoms with E-state index in [-0.39, 0.29) is 25.1 Å². The van der Waals surface area contributed by atoms with Gasteiger partial charge in [-0.15, -0.1) is 0 Å². The maximum absolute atomic E-state index is 13.6. The summed E-state index contributed by atoms with van der Waals surface area (Å²) in [6, 6.07) is 3.54. The monoisotopic (exact) mass is 534 g/mol. The second kappa shape index (κ2) is 10.9. The molecule has 37 heavy (non-hydrogen) atoms. The number of alkyl halides is 6. The van der Waals surface area contributed by atoms with Crippen molar-refractivity contribution in [2.75, 3.05) is 13.1 Å². The molecule has 1 aliphatic rings. The lowest BCUT2D eigenvalue weighted by Gasteiger charge is -2.42. The molecule has 204 valence electrons. The lowest BCUT2D eigenvalue weighted by atomic mass is 9.90. The van der Waals surface area contributed by atoms with Crippen LogP contribution in [0, 0.1) is 0 Å². The molecular formula is C25H28F6N2O4. The third kappa shape index (κ3) is 7.53. The maximum Gasteiger partial charge on any atom is 0.417 e. The largest absolute Gasteiger partial charge is 0.474 e. The van der Waals surface area contributed by atoms with Crippen molar-refractivity contribution in [3.63, 3.8) is 0 Å². The molecule has 0 bridgehead atoms. The van der Waals surface area contributed by atoms with Crippen molar-refractivity contribution in [2.45, 2.75) is 57.2 Å². The number of hydrogen-bond donors (Lipinski definition) is 1. The number of carbonyl (C=O) groups excluding carboxylic acids is 2. The van der Waals surface area contributed by atoms with E-state index in [1.807, 2.05) is 0 Å². The van der Waals surface area contributed by atoms with Crippen LogP contribution in [0.15, 0.2) is 60.3 Å². The van der Waals surface area contributed by atoms with Gasteiger partial charge in [0.2, 0.25) is 5.60 Å². The second-order valence-corrected chi connectivity index (χ2v) is 9.34. The fourth-order valence-corrected chi connectivity index (χ4v) is 3.70. The SMILES string of the molecule is C=C/C=C(\C(=C/N)C(=O)N1CCCC(Oc2ccc(C(F)(F)F)cc2)(C(=O)OC(C)(C)C)C1)C(F)(F)F. The lowest BCUT2D eigenvalue weighted by molar-refractivity contribution is -0.179. The number of rotatable bonds is 6. The molecule has 6 nitrogen and oxygen atoms in total. The van der Waals surface area contributed by atoms with Gasteiger partial charge in [0.25, 0.3) is 5.91 Å². The first-order valence-corrected chi connectivity index (χ1v) is 11.1. The molecule has 0 spiro atoms. The van der Waals surface area contributed by atoms with E-state index < -0.39 is 58.7 Å². The summed E-state index contributed by atoms with van der Waals surface area (Å²) in [5.74, 6) is -2.16. The van der Waals surface area contributed by atoms with Crippen molar-refractivity contribution in [3.8, 4) is 5.75 Å². The fraction of sp³-hybridized carbons (Fsp3) is 0.440. The molecular weight excluding hydrogens is 506 g/mol. The number of benzene rings is 1. The fourth-order valence-electron chi connectivity index (χ4n) is 3.70. The minimum atomic E-state index is -4.93. The third-order valence-electron chi connectivity index (χ3n) is 5.29. The first-order valence-electron chi connectivity index (χ1n) is 11.1. The Kier molecular flexibility index (Phi) is 8.77. The van der Waals surface area contributed by atoms with Gasteiger partial charge >= 0.3 is 18.3 Å². The molecule has 1 aromatic carbocycles. The summed E-state index contributed by atoms with van der Waals surface area (Å²) in [7, 11) is 0. The number of nitrogens with two attached hydrogens (primary N) is 1. The van der Waals surface area contributed by atoms with E-state index >= 15 is 0 Å². The zero-order chi connectivity index (χ0) is 28.2. The van der Waals surface area contributed by atoms with E-state index in [9.17, 15) is 35.9 Å². The average Bonchev–Trinajstić information content (AvgIpc) is 2.77. The van der Waals surface area contributed by atoms with Crippen LogP contribution in [0.2, 0.25) is 0 Å². The van der Waals surface area contributed by atoms with Crippen LogP contribution in [0.5, 0.6) is 5.75 Å². The Labute approximate surface area is 210 Å². The van der Waals surface area contributed by atoms with Gasteiger partial charge < -0.3 is 20.1 Å². The number of halogens is 6. The highest BCUT2D eigenvalue weighted by atomic mass is 19.4. The predicted molar refractivity (Wildman–Crippen MR) is 123 cm³/mol. The van der Waals surface area contributed by atoms with Crippen LogP contribution in [0.4, 0.5) is 26.3 Å². The first kappa shape index (κ1) is 29.8. The molecule has 1 atom stereocenters. The van der Waals surface area contributed by atoms with Crippen LogP contribution in [-0.2, 0) is 20.5 Å². The van der Waals surface area contributed by atoms with Crippen LogP contribution in [0.25, 0.3) is 0 Å². The van der Waals surface area contributed by atoms with Crippen molar-refractivity contribution < 1.29 is 45.4 Å². The Hall–Kier alpha value is -3.44. The molecule has 0 saturated carbocycles. The maximum atomic E-state index is 13.6. The summed E-state index contributed by atoms with van der Waals surface area (Å²) in [6.07, 6.45) is -7.45. The van der Waals surface area contributed by atoms with Gasteiger partial charge in [-0.05, 0) is 57.5 Å². The van der Waals surface area contributed by atoms with Gasteiger partial charge in [-0.3, -0.25) is 4.79 Å². The van der Waals surface area contributed by atoms with Gasteiger partial charge in [-0.1, -0.05) is 12.7 Å². The Morgan fingerprint density at radius 3 is 2.14 bits per heavy atom. The Bertz CT molecular complexity index is 1070. The van der Waals surface area contributed by atoms with Crippen molar-refractivity contribution in [1.29, 1.82) is 0 Å². The van der Waals surface area contributed by atoms with Crippen molar-refractivity contribution in [1.82, 2.24) is 4.90 Å². The van der Waals surface area contributed by atoms with Crippen LogP contribution < -0.4 is 10.5 Å². The number of piperidine rings is 1. The first-order chi connectivity index (χ1) is 16.9. The zero-order valence-electron chi connectivity index (χ0n) is 20.5. The highest BCUT2D eigenvalue weighted by Crippen LogP contribution is 2.36. The molecule has 1 aliphatic heterocycles. The molecule has 0 aromatic heterocycles. The van der Waals surface area contributed by atoms with Gasteiger partial charge in [0, 0.05) is 19.2 Å². The van der Waals surface area contributed by atoms with Crippen molar-refractivity contribution >= 4 is 11.9 Å². The Morgan fingerprint density at radius 2 is 1.68 bits per heavy atom. The minimum absolute atomic E-state index is 0.0109. The number of hydrogen-bond acceptors (Lipinski definition) is 5. The molecule has 12 heteroatoms. The number of carbonyl (C=O) groups is 2. The second-order valence-electron chi connectivity index (χ2n) is 9.34. The number of amides is 1. The molecule has 1 amide bonds. The summed E-state index contributed by atoms with van der Waals surface area (Å²) < 4.78 is 90.9. The highest BCUT2D eigenvalue weighted by molar-refractivity contribution is 5.98. The van der Waals surface area contributed by atoms with E-state index in [0.29, 0.717) is 12.3 Å². The summed E-state index contributed by atoms with van der Waals surface area (Å²) >= 11 is 0. The number of ether oxygens (including phenoxy) is 2. The van der Waals surface area contributed by atoms with Gasteiger partial charge in [-0.25, -0.2) is 4.79 Å². The number of allylic oxidation sites excluding steroid dienone is 2. The summed E-state index contributed by atoms with van der Waals surface area (Å²) in [5, 5.41) is 0. The molecule has 1 aromatic rings. The lowest BCUT2D eigenvalue weighted by Crippen LogP contribution is -2.60.